The number of carbonyl (C=O) groups excluding carboxylic acids is 1. The van der Waals surface area contributed by atoms with Crippen LogP contribution >= 0.6 is 0 Å². The van der Waals surface area contributed by atoms with Crippen molar-refractivity contribution in [1.82, 2.24) is 0 Å². The number of amides is 1. The van der Waals surface area contributed by atoms with Gasteiger partial charge >= 0.3 is 22.2 Å². The molecule has 20 heavy (non-hydrogen) atoms. The molecule has 12 heteroatoms. The third-order valence-corrected chi connectivity index (χ3v) is 2.85. The Balaban J connectivity index is 3.26. The van der Waals surface area contributed by atoms with Crippen molar-refractivity contribution in [1.29, 1.82) is 0 Å². The standard InChI is InChI=1S/C8H5F3N2O6S/c9-8(10,11)7(14)12-4-1-2-6(20(17,18)19)5(3-4)13(15)16/h1-3H,(H,12,14)(H,17,18,19). The monoisotopic (exact) mass is 314 g/mol. The Labute approximate surface area is 109 Å². The predicted molar refractivity (Wildman–Crippen MR) is 57.6 cm³/mol. The second-order valence-corrected chi connectivity index (χ2v) is 4.76. The highest BCUT2D eigenvalue weighted by Gasteiger charge is 2.39. The van der Waals surface area contributed by atoms with Crippen LogP contribution in [0, 0.1) is 10.1 Å². The maximum absolute atomic E-state index is 12.0. The van der Waals surface area contributed by atoms with Gasteiger partial charge in [-0.25, -0.2) is 0 Å². The van der Waals surface area contributed by atoms with Crippen LogP contribution in [-0.2, 0) is 14.9 Å². The predicted octanol–water partition coefficient (Wildman–Crippen LogP) is 1.34. The molecule has 0 spiro atoms. The molecule has 0 unspecified atom stereocenters. The van der Waals surface area contributed by atoms with Gasteiger partial charge in [-0.05, 0) is 12.1 Å². The maximum Gasteiger partial charge on any atom is 0.471 e. The zero-order valence-electron chi connectivity index (χ0n) is 9.21. The number of hydrogen-bond acceptors (Lipinski definition) is 5. The fourth-order valence-electron chi connectivity index (χ4n) is 1.16. The summed E-state index contributed by atoms with van der Waals surface area (Å²) in [6, 6.07) is 1.55. The zero-order chi connectivity index (χ0) is 15.7. The first kappa shape index (κ1) is 15.8. The van der Waals surface area contributed by atoms with Crippen LogP contribution in [0.5, 0.6) is 0 Å². The number of benzene rings is 1. The van der Waals surface area contributed by atoms with Crippen LogP contribution in [0.2, 0.25) is 0 Å². The molecule has 0 atom stereocenters. The summed E-state index contributed by atoms with van der Waals surface area (Å²) in [5, 5.41) is 11.9. The van der Waals surface area contributed by atoms with Gasteiger partial charge in [0.25, 0.3) is 5.69 Å². The third-order valence-electron chi connectivity index (χ3n) is 1.95. The Morgan fingerprint density at radius 3 is 2.30 bits per heavy atom. The summed E-state index contributed by atoms with van der Waals surface area (Å²) in [6.45, 7) is 0. The highest BCUT2D eigenvalue weighted by atomic mass is 32.2. The largest absolute Gasteiger partial charge is 0.471 e. The van der Waals surface area contributed by atoms with Crippen molar-refractivity contribution in [2.45, 2.75) is 11.1 Å². The van der Waals surface area contributed by atoms with Crippen LogP contribution in [0.25, 0.3) is 0 Å². The molecule has 0 saturated heterocycles. The summed E-state index contributed by atoms with van der Waals surface area (Å²) in [4.78, 5) is 18.9. The second kappa shape index (κ2) is 5.05. The fourth-order valence-corrected chi connectivity index (χ4v) is 1.80. The first-order valence-electron chi connectivity index (χ1n) is 4.57. The molecular formula is C8H5F3N2O6S. The molecule has 0 saturated carbocycles. The SMILES string of the molecule is O=C(Nc1ccc(S(=O)(=O)O)c([N+](=O)[O-])c1)C(F)(F)F. The lowest BCUT2D eigenvalue weighted by atomic mass is 10.2. The van der Waals surface area contributed by atoms with E-state index in [-0.39, 0.29) is 0 Å². The minimum Gasteiger partial charge on any atom is -0.318 e. The Bertz CT molecular complexity index is 669. The zero-order valence-corrected chi connectivity index (χ0v) is 10.0. The van der Waals surface area contributed by atoms with Crippen LogP contribution < -0.4 is 5.32 Å². The Kier molecular flexibility index (Phi) is 4.00. The van der Waals surface area contributed by atoms with E-state index in [4.69, 9.17) is 4.55 Å². The number of halogens is 3. The molecule has 1 rings (SSSR count). The van der Waals surface area contributed by atoms with Gasteiger partial charge in [-0.15, -0.1) is 0 Å². The van der Waals surface area contributed by atoms with Gasteiger partial charge in [0.15, 0.2) is 4.90 Å². The summed E-state index contributed by atoms with van der Waals surface area (Å²) >= 11 is 0. The van der Waals surface area contributed by atoms with Crippen molar-refractivity contribution in [2.75, 3.05) is 5.32 Å². The quantitative estimate of drug-likeness (QED) is 0.492. The van der Waals surface area contributed by atoms with E-state index in [0.29, 0.717) is 18.2 Å². The minimum absolute atomic E-state index is 0.382. The van der Waals surface area contributed by atoms with Crippen LogP contribution in [0.4, 0.5) is 24.5 Å². The van der Waals surface area contributed by atoms with Crippen LogP contribution in [0.3, 0.4) is 0 Å². The molecule has 0 aliphatic rings. The lowest BCUT2D eigenvalue weighted by molar-refractivity contribution is -0.387. The van der Waals surface area contributed by atoms with Gasteiger partial charge < -0.3 is 5.32 Å². The Morgan fingerprint density at radius 1 is 1.35 bits per heavy atom. The normalized spacial score (nSPS) is 12.0. The highest BCUT2D eigenvalue weighted by molar-refractivity contribution is 7.86. The van der Waals surface area contributed by atoms with Crippen LogP contribution in [0.1, 0.15) is 0 Å². The highest BCUT2D eigenvalue weighted by Crippen LogP contribution is 2.28. The molecule has 2 N–H and O–H groups in total. The second-order valence-electron chi connectivity index (χ2n) is 3.37. The van der Waals surface area contributed by atoms with Gasteiger partial charge in [0.1, 0.15) is 0 Å². The Hall–Kier alpha value is -2.21. The van der Waals surface area contributed by atoms with Crippen molar-refractivity contribution in [3.63, 3.8) is 0 Å². The fraction of sp³-hybridized carbons (Fsp3) is 0.125. The average Bonchev–Trinajstić information content (AvgIpc) is 2.25. The van der Waals surface area contributed by atoms with Crippen LogP contribution in [0.15, 0.2) is 23.1 Å². The van der Waals surface area contributed by atoms with Gasteiger partial charge in [0.05, 0.1) is 4.92 Å². The minimum atomic E-state index is -5.21. The summed E-state index contributed by atoms with van der Waals surface area (Å²) in [5.74, 6) is -2.38. The van der Waals surface area contributed by atoms with Gasteiger partial charge in [-0.2, -0.15) is 21.6 Å². The van der Waals surface area contributed by atoms with E-state index >= 15 is 0 Å². The molecule has 0 fully saturated rings. The average molecular weight is 314 g/mol. The van der Waals surface area contributed by atoms with E-state index in [1.807, 2.05) is 0 Å². The molecule has 0 radical (unpaired) electrons. The molecule has 8 nitrogen and oxygen atoms in total. The number of rotatable bonds is 3. The molecule has 110 valence electrons. The van der Waals surface area contributed by atoms with Crippen LogP contribution in [-0.4, -0.2) is 30.0 Å². The van der Waals surface area contributed by atoms with E-state index in [1.165, 1.54) is 5.32 Å². The van der Waals surface area contributed by atoms with Crippen molar-refractivity contribution >= 4 is 27.4 Å². The van der Waals surface area contributed by atoms with Gasteiger partial charge in [0.2, 0.25) is 0 Å². The molecule has 0 aliphatic heterocycles. The van der Waals surface area contributed by atoms with E-state index in [1.54, 1.807) is 0 Å². The number of nitro benzene ring substituents is 1. The number of nitrogens with one attached hydrogen (secondary N) is 1. The summed E-state index contributed by atoms with van der Waals surface area (Å²) in [5.41, 5.74) is -1.82. The summed E-state index contributed by atoms with van der Waals surface area (Å²) in [7, 11) is -4.93. The number of nitro groups is 1. The van der Waals surface area contributed by atoms with Crippen molar-refractivity contribution in [3.05, 3.63) is 28.3 Å². The van der Waals surface area contributed by atoms with E-state index < -0.39 is 43.4 Å². The smallest absolute Gasteiger partial charge is 0.318 e. The number of carbonyl (C=O) groups is 1. The van der Waals surface area contributed by atoms with E-state index in [2.05, 4.69) is 0 Å². The molecule has 1 amide bonds. The molecular weight excluding hydrogens is 309 g/mol. The van der Waals surface area contributed by atoms with E-state index in [0.717, 1.165) is 0 Å². The van der Waals surface area contributed by atoms with Crippen molar-refractivity contribution < 1.29 is 35.9 Å². The molecule has 1 aromatic rings. The number of nitrogens with zero attached hydrogens (tertiary/aromatic N) is 1. The molecule has 0 bridgehead atoms. The van der Waals surface area contributed by atoms with Gasteiger partial charge in [0, 0.05) is 11.8 Å². The molecule has 0 aliphatic carbocycles. The van der Waals surface area contributed by atoms with Gasteiger partial charge in [-0.3, -0.25) is 19.5 Å². The molecule has 0 heterocycles. The first-order chi connectivity index (χ1) is 8.93. The molecule has 0 aromatic heterocycles. The number of anilines is 1. The maximum atomic E-state index is 12.0. The number of hydrogen-bond donors (Lipinski definition) is 2. The lowest BCUT2D eigenvalue weighted by Gasteiger charge is -2.08. The number of alkyl halides is 3. The topological polar surface area (TPSA) is 127 Å². The summed E-state index contributed by atoms with van der Waals surface area (Å²) in [6.07, 6.45) is -5.21. The first-order valence-corrected chi connectivity index (χ1v) is 6.01. The Morgan fingerprint density at radius 2 is 1.90 bits per heavy atom. The van der Waals surface area contributed by atoms with Crippen molar-refractivity contribution in [3.8, 4) is 0 Å². The van der Waals surface area contributed by atoms with Crippen molar-refractivity contribution in [2.24, 2.45) is 0 Å². The lowest BCUT2D eigenvalue weighted by Crippen LogP contribution is -2.29. The third kappa shape index (κ3) is 3.64. The summed E-state index contributed by atoms with van der Waals surface area (Å²) < 4.78 is 66.3. The molecule has 1 aromatic carbocycles. The van der Waals surface area contributed by atoms with E-state index in [9.17, 15) is 36.5 Å². The van der Waals surface area contributed by atoms with Gasteiger partial charge in [-0.1, -0.05) is 0 Å².